The zero-order chi connectivity index (χ0) is 25.9. The van der Waals surface area contributed by atoms with Crippen LogP contribution in [0.15, 0.2) is 65.6 Å². The van der Waals surface area contributed by atoms with E-state index >= 15 is 0 Å². The lowest BCUT2D eigenvalue weighted by atomic mass is 9.95. The minimum Gasteiger partial charge on any atom is -0.454 e. The van der Waals surface area contributed by atoms with Gasteiger partial charge in [-0.15, -0.1) is 11.8 Å². The Labute approximate surface area is 217 Å². The predicted molar refractivity (Wildman–Crippen MR) is 138 cm³/mol. The van der Waals surface area contributed by atoms with Crippen molar-refractivity contribution < 1.29 is 28.3 Å². The smallest absolute Gasteiger partial charge is 0.339 e. The summed E-state index contributed by atoms with van der Waals surface area (Å²) in [7, 11) is 0. The highest BCUT2D eigenvalue weighted by atomic mass is 32.2. The van der Waals surface area contributed by atoms with Crippen LogP contribution in [0, 0.1) is 5.82 Å². The quantitative estimate of drug-likeness (QED) is 0.269. The highest BCUT2D eigenvalue weighted by molar-refractivity contribution is 8.00. The third-order valence-electron chi connectivity index (χ3n) is 6.26. The minimum atomic E-state index is -0.667. The molecule has 0 aromatic heterocycles. The van der Waals surface area contributed by atoms with E-state index in [0.29, 0.717) is 22.7 Å². The summed E-state index contributed by atoms with van der Waals surface area (Å²) in [4.78, 5) is 52.5. The Morgan fingerprint density at radius 1 is 1.03 bits per heavy atom. The predicted octanol–water partition coefficient (Wildman–Crippen LogP) is 4.43. The molecule has 0 spiro atoms. The second-order valence-corrected chi connectivity index (χ2v) is 9.83. The first-order valence-electron chi connectivity index (χ1n) is 11.8. The maximum atomic E-state index is 13.0. The summed E-state index contributed by atoms with van der Waals surface area (Å²) in [5.41, 5.74) is 3.90. The number of ether oxygens (including phenoxy) is 1. The van der Waals surface area contributed by atoms with Crippen LogP contribution in [0.2, 0.25) is 0 Å². The molecule has 9 heteroatoms. The average Bonchev–Trinajstić information content (AvgIpc) is 3.23. The molecule has 37 heavy (non-hydrogen) atoms. The first kappa shape index (κ1) is 24.7. The number of benzene rings is 3. The second kappa shape index (κ2) is 10.6. The van der Waals surface area contributed by atoms with E-state index in [2.05, 4.69) is 5.32 Å². The molecule has 0 fully saturated rings. The van der Waals surface area contributed by atoms with Crippen molar-refractivity contribution >= 4 is 46.7 Å². The van der Waals surface area contributed by atoms with Crippen molar-refractivity contribution in [3.8, 4) is 0 Å². The van der Waals surface area contributed by atoms with Crippen LogP contribution in [0.4, 0.5) is 15.8 Å². The molecule has 2 heterocycles. The molecule has 188 valence electrons. The van der Waals surface area contributed by atoms with E-state index in [0.717, 1.165) is 41.4 Å². The lowest BCUT2D eigenvalue weighted by molar-refractivity contribution is -0.117. The maximum Gasteiger partial charge on any atom is 0.339 e. The Hall–Kier alpha value is -3.98. The van der Waals surface area contributed by atoms with Crippen molar-refractivity contribution in [1.29, 1.82) is 0 Å². The van der Waals surface area contributed by atoms with Crippen LogP contribution < -0.4 is 10.2 Å². The van der Waals surface area contributed by atoms with Gasteiger partial charge in [0.15, 0.2) is 12.4 Å². The summed E-state index contributed by atoms with van der Waals surface area (Å²) in [5, 5.41) is 2.67. The molecule has 3 aromatic carbocycles. The number of esters is 1. The Morgan fingerprint density at radius 2 is 1.78 bits per heavy atom. The third kappa shape index (κ3) is 5.41. The van der Waals surface area contributed by atoms with Gasteiger partial charge >= 0.3 is 5.97 Å². The van der Waals surface area contributed by atoms with Crippen LogP contribution >= 0.6 is 11.8 Å². The maximum absolute atomic E-state index is 13.0. The number of aryl methyl sites for hydroxylation is 1. The van der Waals surface area contributed by atoms with Gasteiger partial charge in [0.05, 0.1) is 23.4 Å². The summed E-state index contributed by atoms with van der Waals surface area (Å²) in [6, 6.07) is 15.6. The number of halogens is 1. The molecule has 2 aliphatic rings. The molecule has 3 aromatic rings. The third-order valence-corrected chi connectivity index (χ3v) is 7.33. The van der Waals surface area contributed by atoms with E-state index in [1.54, 1.807) is 41.3 Å². The number of rotatable bonds is 8. The fraction of sp³-hybridized carbons (Fsp3) is 0.214. The van der Waals surface area contributed by atoms with Crippen molar-refractivity contribution in [3.05, 3.63) is 88.7 Å². The van der Waals surface area contributed by atoms with Gasteiger partial charge in [0.1, 0.15) is 5.82 Å². The van der Waals surface area contributed by atoms with Crippen LogP contribution in [0.1, 0.15) is 38.3 Å². The van der Waals surface area contributed by atoms with Gasteiger partial charge in [-0.3, -0.25) is 14.4 Å². The summed E-state index contributed by atoms with van der Waals surface area (Å²) in [6.07, 6.45) is 1.93. The molecule has 5 rings (SSSR count). The van der Waals surface area contributed by atoms with E-state index in [-0.39, 0.29) is 35.3 Å². The van der Waals surface area contributed by atoms with E-state index < -0.39 is 18.4 Å². The van der Waals surface area contributed by atoms with E-state index in [4.69, 9.17) is 4.74 Å². The molecule has 0 saturated heterocycles. The van der Waals surface area contributed by atoms with Crippen molar-refractivity contribution in [1.82, 2.24) is 0 Å². The standard InChI is InChI=1S/C28H23FN2O5S/c29-20-7-9-21(10-8-20)30-25(33)16-37-24-6-2-1-5-22(24)28(35)36-15-23(32)18-12-17-4-3-11-31-26(34)14-19(13-18)27(17)31/h1-2,5-10,12-13H,3-4,11,14-16H2,(H,30,33). The Balaban J connectivity index is 1.20. The van der Waals surface area contributed by atoms with Gasteiger partial charge in [-0.2, -0.15) is 0 Å². The molecular formula is C28H23FN2O5S. The number of hydrogen-bond donors (Lipinski definition) is 1. The number of ketones is 1. The lowest BCUT2D eigenvalue weighted by Crippen LogP contribution is -2.31. The molecule has 2 amide bonds. The number of Topliss-reactive ketones (excluding diaryl/α,β-unsaturated/α-hetero) is 1. The highest BCUT2D eigenvalue weighted by Gasteiger charge is 2.33. The monoisotopic (exact) mass is 518 g/mol. The molecule has 0 atom stereocenters. The van der Waals surface area contributed by atoms with Gasteiger partial charge in [0.2, 0.25) is 11.8 Å². The Morgan fingerprint density at radius 3 is 2.59 bits per heavy atom. The van der Waals surface area contributed by atoms with Crippen molar-refractivity contribution in [3.63, 3.8) is 0 Å². The van der Waals surface area contributed by atoms with Crippen LogP contribution in [-0.4, -0.2) is 42.5 Å². The summed E-state index contributed by atoms with van der Waals surface area (Å²) in [6.45, 7) is 0.272. The molecular weight excluding hydrogens is 495 g/mol. The number of nitrogens with zero attached hydrogens (tertiary/aromatic N) is 1. The van der Waals surface area contributed by atoms with E-state index in [1.807, 2.05) is 0 Å². The molecule has 1 N–H and O–H groups in total. The van der Waals surface area contributed by atoms with Gasteiger partial charge in [-0.1, -0.05) is 12.1 Å². The number of hydrogen-bond acceptors (Lipinski definition) is 6. The van der Waals surface area contributed by atoms with Gasteiger partial charge < -0.3 is 15.0 Å². The molecule has 0 bridgehead atoms. The Bertz CT molecular complexity index is 1410. The van der Waals surface area contributed by atoms with Crippen molar-refractivity contribution in [2.24, 2.45) is 0 Å². The Kier molecular flexibility index (Phi) is 7.05. The summed E-state index contributed by atoms with van der Waals surface area (Å²) >= 11 is 1.15. The van der Waals surface area contributed by atoms with E-state index in [9.17, 15) is 23.6 Å². The number of nitrogens with one attached hydrogen (secondary N) is 1. The molecule has 0 aliphatic carbocycles. The number of amides is 2. The van der Waals surface area contributed by atoms with Gasteiger partial charge in [-0.25, -0.2) is 9.18 Å². The summed E-state index contributed by atoms with van der Waals surface area (Å²) in [5.74, 6) is -1.65. The largest absolute Gasteiger partial charge is 0.454 e. The normalized spacial score (nSPS) is 13.8. The van der Waals surface area contributed by atoms with E-state index in [1.165, 1.54) is 24.3 Å². The molecule has 2 aliphatic heterocycles. The SMILES string of the molecule is O=C(CSc1ccccc1C(=O)OCC(=O)c1cc2c3c(c1)CC(=O)N3CCC2)Nc1ccc(F)cc1. The van der Waals surface area contributed by atoms with Crippen LogP contribution in [0.25, 0.3) is 0 Å². The molecule has 0 unspecified atom stereocenters. The van der Waals surface area contributed by atoms with Crippen molar-refractivity contribution in [2.75, 3.05) is 29.1 Å². The number of carbonyl (C=O) groups excluding carboxylic acids is 4. The van der Waals surface area contributed by atoms with Crippen LogP contribution in [-0.2, 0) is 27.2 Å². The first-order chi connectivity index (χ1) is 17.9. The van der Waals surface area contributed by atoms with Crippen LogP contribution in [0.3, 0.4) is 0 Å². The van der Waals surface area contributed by atoms with Crippen LogP contribution in [0.5, 0.6) is 0 Å². The average molecular weight is 519 g/mol. The lowest BCUT2D eigenvalue weighted by Gasteiger charge is -2.25. The van der Waals surface area contributed by atoms with Gasteiger partial charge in [-0.05, 0) is 72.5 Å². The fourth-order valence-corrected chi connectivity index (χ4v) is 5.41. The minimum absolute atomic E-state index is 0.0221. The molecule has 0 saturated carbocycles. The molecule has 0 radical (unpaired) electrons. The molecule has 7 nitrogen and oxygen atoms in total. The number of thioether (sulfide) groups is 1. The van der Waals surface area contributed by atoms with Crippen molar-refractivity contribution in [2.45, 2.75) is 24.2 Å². The second-order valence-electron chi connectivity index (χ2n) is 8.81. The fourth-order valence-electron chi connectivity index (χ4n) is 4.57. The number of anilines is 2. The number of carbonyl (C=O) groups is 4. The topological polar surface area (TPSA) is 92.8 Å². The highest BCUT2D eigenvalue weighted by Crippen LogP contribution is 2.37. The van der Waals surface area contributed by atoms with Gasteiger partial charge in [0.25, 0.3) is 0 Å². The van der Waals surface area contributed by atoms with Gasteiger partial charge in [0, 0.05) is 22.7 Å². The summed E-state index contributed by atoms with van der Waals surface area (Å²) < 4.78 is 18.4. The first-order valence-corrected chi connectivity index (χ1v) is 12.8. The zero-order valence-electron chi connectivity index (χ0n) is 19.8. The zero-order valence-corrected chi connectivity index (χ0v) is 20.6.